The fourth-order valence-electron chi connectivity index (χ4n) is 3.06. The molecule has 0 atom stereocenters. The molecule has 0 radical (unpaired) electrons. The number of urea groups is 1. The Morgan fingerprint density at radius 1 is 1.04 bits per heavy atom. The van der Waals surface area contributed by atoms with E-state index in [4.69, 9.17) is 0 Å². The molecule has 0 aromatic heterocycles. The Morgan fingerprint density at radius 3 is 2.29 bits per heavy atom. The largest absolute Gasteiger partial charge is 0.335 e. The van der Waals surface area contributed by atoms with Crippen LogP contribution in [0.3, 0.4) is 0 Å². The first-order valence-electron chi connectivity index (χ1n) is 8.15. The summed E-state index contributed by atoms with van der Waals surface area (Å²) in [7, 11) is 0. The van der Waals surface area contributed by atoms with Crippen molar-refractivity contribution in [3.63, 3.8) is 0 Å². The Labute approximate surface area is 141 Å². The van der Waals surface area contributed by atoms with E-state index in [2.05, 4.69) is 18.2 Å². The monoisotopic (exact) mass is 327 g/mol. The molecule has 0 N–H and O–H groups in total. The minimum absolute atomic E-state index is 0.158. The van der Waals surface area contributed by atoms with Gasteiger partial charge in [0.2, 0.25) is 0 Å². The lowest BCUT2D eigenvalue weighted by molar-refractivity contribution is -0.144. The SMILES string of the molecule is CC(C)N1C(=O)C(=O)N(CN2CC=C(c3ccccc3)CC2)C1=O. The Hall–Kier alpha value is -2.47. The Bertz CT molecular complexity index is 697. The normalized spacial score (nSPS) is 19.5. The van der Waals surface area contributed by atoms with E-state index in [1.54, 1.807) is 13.8 Å². The summed E-state index contributed by atoms with van der Waals surface area (Å²) in [5, 5.41) is 0. The third-order valence-electron chi connectivity index (χ3n) is 4.38. The molecular formula is C18H21N3O3. The highest BCUT2D eigenvalue weighted by Crippen LogP contribution is 2.23. The summed E-state index contributed by atoms with van der Waals surface area (Å²) in [6, 6.07) is 9.33. The topological polar surface area (TPSA) is 60.9 Å². The van der Waals surface area contributed by atoms with E-state index in [-0.39, 0.29) is 12.7 Å². The second kappa shape index (κ2) is 6.57. The van der Waals surface area contributed by atoms with Crippen molar-refractivity contribution < 1.29 is 14.4 Å². The van der Waals surface area contributed by atoms with Crippen LogP contribution in [0.15, 0.2) is 36.4 Å². The zero-order valence-corrected chi connectivity index (χ0v) is 13.9. The molecule has 0 saturated carbocycles. The van der Waals surface area contributed by atoms with E-state index in [0.29, 0.717) is 6.54 Å². The molecule has 1 aromatic carbocycles. The van der Waals surface area contributed by atoms with Crippen LogP contribution in [0, 0.1) is 0 Å². The molecule has 24 heavy (non-hydrogen) atoms. The number of hydrogen-bond acceptors (Lipinski definition) is 4. The number of carbonyl (C=O) groups is 3. The average molecular weight is 327 g/mol. The lowest BCUT2D eigenvalue weighted by Crippen LogP contribution is -2.44. The predicted molar refractivity (Wildman–Crippen MR) is 89.7 cm³/mol. The fraction of sp³-hybridized carbons (Fsp3) is 0.389. The lowest BCUT2D eigenvalue weighted by Gasteiger charge is -2.29. The van der Waals surface area contributed by atoms with Crippen molar-refractivity contribution in [3.05, 3.63) is 42.0 Å². The van der Waals surface area contributed by atoms with Crippen molar-refractivity contribution in [2.24, 2.45) is 0 Å². The van der Waals surface area contributed by atoms with Gasteiger partial charge < -0.3 is 0 Å². The van der Waals surface area contributed by atoms with Gasteiger partial charge in [-0.1, -0.05) is 36.4 Å². The third-order valence-corrected chi connectivity index (χ3v) is 4.38. The minimum Gasteiger partial charge on any atom is -0.281 e. The Morgan fingerprint density at radius 2 is 1.75 bits per heavy atom. The van der Waals surface area contributed by atoms with E-state index in [1.807, 2.05) is 23.1 Å². The molecule has 0 bridgehead atoms. The molecule has 6 nitrogen and oxygen atoms in total. The Balaban J connectivity index is 1.66. The number of nitrogens with zero attached hydrogens (tertiary/aromatic N) is 3. The molecule has 1 saturated heterocycles. The summed E-state index contributed by atoms with van der Waals surface area (Å²) in [6.07, 6.45) is 2.97. The van der Waals surface area contributed by atoms with Crippen LogP contribution in [0.25, 0.3) is 5.57 Å². The van der Waals surface area contributed by atoms with Crippen LogP contribution < -0.4 is 0 Å². The quantitative estimate of drug-likeness (QED) is 0.626. The van der Waals surface area contributed by atoms with Gasteiger partial charge in [0.1, 0.15) is 0 Å². The maximum absolute atomic E-state index is 12.3. The van der Waals surface area contributed by atoms with Gasteiger partial charge >= 0.3 is 17.8 Å². The molecule has 2 aliphatic heterocycles. The van der Waals surface area contributed by atoms with Crippen molar-refractivity contribution in [3.8, 4) is 0 Å². The van der Waals surface area contributed by atoms with Crippen LogP contribution in [-0.4, -0.2) is 58.3 Å². The zero-order valence-electron chi connectivity index (χ0n) is 13.9. The number of imide groups is 2. The summed E-state index contributed by atoms with van der Waals surface area (Å²) in [4.78, 5) is 40.4. The molecule has 0 unspecified atom stereocenters. The van der Waals surface area contributed by atoms with Gasteiger partial charge in [0.15, 0.2) is 0 Å². The highest BCUT2D eigenvalue weighted by atomic mass is 16.2. The van der Waals surface area contributed by atoms with Crippen LogP contribution >= 0.6 is 0 Å². The lowest BCUT2D eigenvalue weighted by atomic mass is 10.00. The molecule has 0 spiro atoms. The van der Waals surface area contributed by atoms with Crippen LogP contribution in [-0.2, 0) is 9.59 Å². The molecule has 2 aliphatic rings. The molecule has 1 fully saturated rings. The van der Waals surface area contributed by atoms with Crippen molar-refractivity contribution in [2.75, 3.05) is 19.8 Å². The summed E-state index contributed by atoms with van der Waals surface area (Å²) in [5.74, 6) is -1.46. The van der Waals surface area contributed by atoms with Gasteiger partial charge in [0.25, 0.3) is 0 Å². The molecule has 1 aromatic rings. The first-order chi connectivity index (χ1) is 11.5. The minimum atomic E-state index is -0.730. The van der Waals surface area contributed by atoms with Gasteiger partial charge in [-0.3, -0.25) is 19.4 Å². The molecule has 6 heteroatoms. The Kier molecular flexibility index (Phi) is 4.49. The van der Waals surface area contributed by atoms with E-state index >= 15 is 0 Å². The molecular weight excluding hydrogens is 306 g/mol. The predicted octanol–water partition coefficient (Wildman–Crippen LogP) is 1.93. The van der Waals surface area contributed by atoms with Gasteiger partial charge in [0.05, 0.1) is 6.67 Å². The number of rotatable bonds is 4. The average Bonchev–Trinajstić information content (AvgIpc) is 2.80. The maximum Gasteiger partial charge on any atom is 0.335 e. The molecule has 126 valence electrons. The van der Waals surface area contributed by atoms with Gasteiger partial charge in [-0.25, -0.2) is 9.69 Å². The van der Waals surface area contributed by atoms with Crippen molar-refractivity contribution in [1.82, 2.24) is 14.7 Å². The molecule has 2 heterocycles. The van der Waals surface area contributed by atoms with E-state index in [1.165, 1.54) is 11.1 Å². The van der Waals surface area contributed by atoms with Gasteiger partial charge in [-0.05, 0) is 31.4 Å². The highest BCUT2D eigenvalue weighted by molar-refractivity contribution is 6.44. The number of hydrogen-bond donors (Lipinski definition) is 0. The third kappa shape index (κ3) is 2.97. The van der Waals surface area contributed by atoms with Crippen LogP contribution in [0.1, 0.15) is 25.8 Å². The van der Waals surface area contributed by atoms with Crippen LogP contribution in [0.2, 0.25) is 0 Å². The summed E-state index contributed by atoms with van der Waals surface area (Å²) >= 11 is 0. The van der Waals surface area contributed by atoms with E-state index in [9.17, 15) is 14.4 Å². The molecule has 4 amide bonds. The zero-order chi connectivity index (χ0) is 17.3. The molecule has 3 rings (SSSR count). The van der Waals surface area contributed by atoms with Gasteiger partial charge in [-0.15, -0.1) is 0 Å². The van der Waals surface area contributed by atoms with Crippen LogP contribution in [0.5, 0.6) is 0 Å². The van der Waals surface area contributed by atoms with Crippen molar-refractivity contribution >= 4 is 23.4 Å². The number of carbonyl (C=O) groups excluding carboxylic acids is 3. The van der Waals surface area contributed by atoms with Gasteiger partial charge in [0, 0.05) is 19.1 Å². The van der Waals surface area contributed by atoms with Crippen molar-refractivity contribution in [2.45, 2.75) is 26.3 Å². The summed E-state index contributed by atoms with van der Waals surface area (Å²) in [5.41, 5.74) is 2.47. The number of amides is 4. The summed E-state index contributed by atoms with van der Waals surface area (Å²) in [6.45, 7) is 5.00. The molecule has 0 aliphatic carbocycles. The second-order valence-corrected chi connectivity index (χ2v) is 6.35. The fourth-order valence-corrected chi connectivity index (χ4v) is 3.06. The van der Waals surface area contributed by atoms with E-state index < -0.39 is 17.8 Å². The summed E-state index contributed by atoms with van der Waals surface area (Å²) < 4.78 is 0. The van der Waals surface area contributed by atoms with Crippen LogP contribution in [0.4, 0.5) is 4.79 Å². The van der Waals surface area contributed by atoms with E-state index in [0.717, 1.165) is 22.8 Å². The number of benzene rings is 1. The van der Waals surface area contributed by atoms with Gasteiger partial charge in [-0.2, -0.15) is 0 Å². The second-order valence-electron chi connectivity index (χ2n) is 6.35. The standard InChI is InChI=1S/C18H21N3O3/c1-13(2)21-17(23)16(22)20(18(21)24)12-19-10-8-15(9-11-19)14-6-4-3-5-7-14/h3-8,13H,9-12H2,1-2H3. The maximum atomic E-state index is 12.3. The van der Waals surface area contributed by atoms with Crippen molar-refractivity contribution in [1.29, 1.82) is 0 Å². The first-order valence-corrected chi connectivity index (χ1v) is 8.15. The smallest absolute Gasteiger partial charge is 0.281 e. The first kappa shape index (κ1) is 16.4. The highest BCUT2D eigenvalue weighted by Gasteiger charge is 2.46.